The molecule has 1 atom stereocenters. The molecule has 0 radical (unpaired) electrons. The van der Waals surface area contributed by atoms with E-state index in [1.165, 1.54) is 5.56 Å². The summed E-state index contributed by atoms with van der Waals surface area (Å²) in [5.41, 5.74) is 1.30. The fourth-order valence-electron chi connectivity index (χ4n) is 1.73. The van der Waals surface area contributed by atoms with Crippen molar-refractivity contribution in [2.24, 2.45) is 0 Å². The van der Waals surface area contributed by atoms with Crippen molar-refractivity contribution in [3.05, 3.63) is 34.9 Å². The maximum Gasteiger partial charge on any atom is 0.0406 e. The van der Waals surface area contributed by atoms with Gasteiger partial charge in [-0.2, -0.15) is 0 Å². The van der Waals surface area contributed by atoms with E-state index in [0.29, 0.717) is 6.04 Å². The van der Waals surface area contributed by atoms with Gasteiger partial charge in [0.1, 0.15) is 0 Å². The van der Waals surface area contributed by atoms with E-state index in [2.05, 4.69) is 30.3 Å². The SMILES string of the molecule is C#CCCC(Cc1ccc(Cl)cc1)NCC. The van der Waals surface area contributed by atoms with Gasteiger partial charge in [0.2, 0.25) is 0 Å². The van der Waals surface area contributed by atoms with Crippen LogP contribution in [0.15, 0.2) is 24.3 Å². The van der Waals surface area contributed by atoms with Gasteiger partial charge in [-0.3, -0.25) is 0 Å². The van der Waals surface area contributed by atoms with Gasteiger partial charge in [-0.25, -0.2) is 0 Å². The zero-order valence-electron chi connectivity index (χ0n) is 9.67. The van der Waals surface area contributed by atoms with Gasteiger partial charge in [0, 0.05) is 17.5 Å². The lowest BCUT2D eigenvalue weighted by Gasteiger charge is -2.16. The highest BCUT2D eigenvalue weighted by molar-refractivity contribution is 6.30. The summed E-state index contributed by atoms with van der Waals surface area (Å²) in [7, 11) is 0. The molecule has 1 aromatic rings. The van der Waals surface area contributed by atoms with Gasteiger partial charge < -0.3 is 5.32 Å². The molecule has 1 N–H and O–H groups in total. The first-order valence-corrected chi connectivity index (χ1v) is 6.05. The summed E-state index contributed by atoms with van der Waals surface area (Å²) >= 11 is 5.85. The molecule has 86 valence electrons. The van der Waals surface area contributed by atoms with Crippen molar-refractivity contribution >= 4 is 11.6 Å². The van der Waals surface area contributed by atoms with Gasteiger partial charge in [-0.15, -0.1) is 12.3 Å². The van der Waals surface area contributed by atoms with Crippen LogP contribution >= 0.6 is 11.6 Å². The molecule has 0 fully saturated rings. The van der Waals surface area contributed by atoms with E-state index in [9.17, 15) is 0 Å². The second-order valence-corrected chi connectivity index (χ2v) is 4.26. The maximum absolute atomic E-state index is 5.85. The zero-order valence-corrected chi connectivity index (χ0v) is 10.4. The highest BCUT2D eigenvalue weighted by Gasteiger charge is 2.07. The summed E-state index contributed by atoms with van der Waals surface area (Å²) in [5, 5.41) is 4.24. The molecule has 0 aromatic heterocycles. The van der Waals surface area contributed by atoms with Crippen LogP contribution in [-0.2, 0) is 6.42 Å². The topological polar surface area (TPSA) is 12.0 Å². The number of terminal acetylenes is 1. The zero-order chi connectivity index (χ0) is 11.8. The van der Waals surface area contributed by atoms with Crippen molar-refractivity contribution in [3.63, 3.8) is 0 Å². The van der Waals surface area contributed by atoms with Gasteiger partial charge in [-0.05, 0) is 37.1 Å². The van der Waals surface area contributed by atoms with Crippen molar-refractivity contribution < 1.29 is 0 Å². The lowest BCUT2D eigenvalue weighted by Crippen LogP contribution is -2.30. The van der Waals surface area contributed by atoms with Crippen LogP contribution in [0.3, 0.4) is 0 Å². The summed E-state index contributed by atoms with van der Waals surface area (Å²) in [6, 6.07) is 8.47. The second-order valence-electron chi connectivity index (χ2n) is 3.83. The van der Waals surface area contributed by atoms with E-state index < -0.39 is 0 Å². The van der Waals surface area contributed by atoms with Crippen LogP contribution in [0.1, 0.15) is 25.3 Å². The predicted octanol–water partition coefficient (Wildman–Crippen LogP) is 3.27. The van der Waals surface area contributed by atoms with E-state index >= 15 is 0 Å². The molecule has 0 saturated heterocycles. The maximum atomic E-state index is 5.85. The molecular weight excluding hydrogens is 218 g/mol. The highest BCUT2D eigenvalue weighted by Crippen LogP contribution is 2.12. The first kappa shape index (κ1) is 13.1. The Kier molecular flexibility index (Phi) is 6.00. The molecule has 0 spiro atoms. The number of benzene rings is 1. The third kappa shape index (κ3) is 4.70. The average Bonchev–Trinajstić information content (AvgIpc) is 2.29. The fourth-order valence-corrected chi connectivity index (χ4v) is 1.85. The molecule has 0 heterocycles. The number of hydrogen-bond donors (Lipinski definition) is 1. The molecule has 1 nitrogen and oxygen atoms in total. The minimum Gasteiger partial charge on any atom is -0.314 e. The number of halogens is 1. The van der Waals surface area contributed by atoms with Crippen molar-refractivity contribution in [2.75, 3.05) is 6.54 Å². The fraction of sp³-hybridized carbons (Fsp3) is 0.429. The molecule has 0 amide bonds. The Labute approximate surface area is 103 Å². The second kappa shape index (κ2) is 7.33. The molecule has 16 heavy (non-hydrogen) atoms. The molecule has 0 saturated carbocycles. The van der Waals surface area contributed by atoms with E-state index in [1.54, 1.807) is 0 Å². The summed E-state index contributed by atoms with van der Waals surface area (Å²) in [5.74, 6) is 2.69. The van der Waals surface area contributed by atoms with Crippen LogP contribution in [0.2, 0.25) is 5.02 Å². The Hall–Kier alpha value is -0.970. The third-order valence-corrected chi connectivity index (χ3v) is 2.78. The lowest BCUT2D eigenvalue weighted by atomic mass is 10.0. The molecule has 0 aliphatic rings. The van der Waals surface area contributed by atoms with Crippen molar-refractivity contribution in [3.8, 4) is 12.3 Å². The Morgan fingerprint density at radius 2 is 2.06 bits per heavy atom. The smallest absolute Gasteiger partial charge is 0.0406 e. The molecule has 1 rings (SSSR count). The Balaban J connectivity index is 2.53. The molecule has 0 aliphatic carbocycles. The summed E-state index contributed by atoms with van der Waals surface area (Å²) in [6.45, 7) is 3.09. The van der Waals surface area contributed by atoms with Crippen molar-refractivity contribution in [1.29, 1.82) is 0 Å². The first-order valence-electron chi connectivity index (χ1n) is 5.67. The van der Waals surface area contributed by atoms with Gasteiger partial charge in [0.05, 0.1) is 0 Å². The largest absolute Gasteiger partial charge is 0.314 e. The van der Waals surface area contributed by atoms with E-state index in [-0.39, 0.29) is 0 Å². The normalized spacial score (nSPS) is 12.1. The first-order chi connectivity index (χ1) is 7.76. The minimum atomic E-state index is 0.460. The highest BCUT2D eigenvalue weighted by atomic mass is 35.5. The average molecular weight is 236 g/mol. The summed E-state index contributed by atoms with van der Waals surface area (Å²) in [4.78, 5) is 0. The van der Waals surface area contributed by atoms with Crippen molar-refractivity contribution in [1.82, 2.24) is 5.32 Å². The quantitative estimate of drug-likeness (QED) is 0.747. The Morgan fingerprint density at radius 3 is 2.62 bits per heavy atom. The number of likely N-dealkylation sites (N-methyl/N-ethyl adjacent to an activating group) is 1. The van der Waals surface area contributed by atoms with E-state index in [1.807, 2.05) is 12.1 Å². The molecule has 2 heteroatoms. The lowest BCUT2D eigenvalue weighted by molar-refractivity contribution is 0.497. The van der Waals surface area contributed by atoms with Gasteiger partial charge in [0.15, 0.2) is 0 Å². The molecule has 0 bridgehead atoms. The Morgan fingerprint density at radius 1 is 1.38 bits per heavy atom. The molecule has 1 aromatic carbocycles. The monoisotopic (exact) mass is 235 g/mol. The number of hydrogen-bond acceptors (Lipinski definition) is 1. The Bertz CT molecular complexity index is 337. The van der Waals surface area contributed by atoms with Crippen LogP contribution in [0.4, 0.5) is 0 Å². The predicted molar refractivity (Wildman–Crippen MR) is 70.7 cm³/mol. The molecule has 0 aliphatic heterocycles. The minimum absolute atomic E-state index is 0.460. The number of nitrogens with one attached hydrogen (secondary N) is 1. The van der Waals surface area contributed by atoms with Gasteiger partial charge in [-0.1, -0.05) is 30.7 Å². The van der Waals surface area contributed by atoms with Crippen LogP contribution in [0, 0.1) is 12.3 Å². The van der Waals surface area contributed by atoms with Gasteiger partial charge in [0.25, 0.3) is 0 Å². The van der Waals surface area contributed by atoms with Crippen molar-refractivity contribution in [2.45, 2.75) is 32.2 Å². The van der Waals surface area contributed by atoms with Crippen LogP contribution in [-0.4, -0.2) is 12.6 Å². The third-order valence-electron chi connectivity index (χ3n) is 2.53. The van der Waals surface area contributed by atoms with E-state index in [0.717, 1.165) is 30.8 Å². The molecule has 1 unspecified atom stereocenters. The number of rotatable bonds is 6. The van der Waals surface area contributed by atoms with Crippen LogP contribution in [0.25, 0.3) is 0 Å². The van der Waals surface area contributed by atoms with E-state index in [4.69, 9.17) is 18.0 Å². The molecular formula is C14H18ClN. The standard InChI is InChI=1S/C14H18ClN/c1-3-5-6-14(16-4-2)11-12-7-9-13(15)10-8-12/h1,7-10,14,16H,4-6,11H2,2H3. The summed E-state index contributed by atoms with van der Waals surface area (Å²) < 4.78 is 0. The summed E-state index contributed by atoms with van der Waals surface area (Å²) in [6.07, 6.45) is 8.14. The van der Waals surface area contributed by atoms with Crippen LogP contribution < -0.4 is 5.32 Å². The van der Waals surface area contributed by atoms with Crippen LogP contribution in [0.5, 0.6) is 0 Å². The van der Waals surface area contributed by atoms with Gasteiger partial charge >= 0.3 is 0 Å².